The Morgan fingerprint density at radius 3 is 2.47 bits per heavy atom. The zero-order valence-corrected chi connectivity index (χ0v) is 8.41. The molecule has 15 heavy (non-hydrogen) atoms. The summed E-state index contributed by atoms with van der Waals surface area (Å²) in [6.07, 6.45) is 0. The van der Waals surface area contributed by atoms with E-state index in [1.54, 1.807) is 0 Å². The quantitative estimate of drug-likeness (QED) is 0.790. The van der Waals surface area contributed by atoms with Crippen molar-refractivity contribution in [2.75, 3.05) is 7.11 Å². The number of hydrogen-bond donors (Lipinski definition) is 1. The Bertz CT molecular complexity index is 494. The Kier molecular flexibility index (Phi) is 2.94. The molecule has 0 aliphatic heterocycles. The highest BCUT2D eigenvalue weighted by Crippen LogP contribution is 2.26. The van der Waals surface area contributed by atoms with Crippen LogP contribution in [0.5, 0.6) is 5.75 Å². The van der Waals surface area contributed by atoms with Gasteiger partial charge in [-0.2, -0.15) is 8.42 Å². The fourth-order valence-corrected chi connectivity index (χ4v) is 1.77. The Morgan fingerprint density at radius 1 is 1.47 bits per heavy atom. The number of ether oxygens (including phenoxy) is 1. The van der Waals surface area contributed by atoms with Gasteiger partial charge in [-0.05, 0) is 12.1 Å². The van der Waals surface area contributed by atoms with Crippen LogP contribution in [-0.4, -0.2) is 26.6 Å². The molecule has 0 atom stereocenters. The predicted octanol–water partition coefficient (Wildman–Crippen LogP) is 1.05. The van der Waals surface area contributed by atoms with Crippen LogP contribution in [0.15, 0.2) is 23.1 Å². The predicted molar refractivity (Wildman–Crippen MR) is 48.2 cm³/mol. The van der Waals surface area contributed by atoms with E-state index in [9.17, 15) is 17.1 Å². The third-order valence-corrected chi connectivity index (χ3v) is 2.55. The third-order valence-electron chi connectivity index (χ3n) is 1.68. The average molecular weight is 234 g/mol. The number of carboxylic acid groups (broad SMARTS) is 1. The van der Waals surface area contributed by atoms with Gasteiger partial charge >= 0.3 is 16.2 Å². The molecule has 0 amide bonds. The fraction of sp³-hybridized carbons (Fsp3) is 0.125. The summed E-state index contributed by atoms with van der Waals surface area (Å²) in [7, 11) is -3.91. The van der Waals surface area contributed by atoms with Crippen molar-refractivity contribution in [1.29, 1.82) is 0 Å². The van der Waals surface area contributed by atoms with Crippen LogP contribution in [-0.2, 0) is 10.2 Å². The van der Waals surface area contributed by atoms with Crippen molar-refractivity contribution < 1.29 is 26.9 Å². The van der Waals surface area contributed by atoms with Crippen LogP contribution in [0.2, 0.25) is 0 Å². The van der Waals surface area contributed by atoms with Crippen LogP contribution >= 0.6 is 0 Å². The monoisotopic (exact) mass is 234 g/mol. The molecule has 1 aromatic carbocycles. The van der Waals surface area contributed by atoms with Gasteiger partial charge in [-0.1, -0.05) is 6.07 Å². The fourth-order valence-electron chi connectivity index (χ4n) is 1.10. The van der Waals surface area contributed by atoms with Crippen molar-refractivity contribution in [1.82, 2.24) is 0 Å². The molecule has 0 saturated heterocycles. The lowest BCUT2D eigenvalue weighted by Gasteiger charge is -2.06. The summed E-state index contributed by atoms with van der Waals surface area (Å²) in [5.41, 5.74) is -0.706. The van der Waals surface area contributed by atoms with Crippen LogP contribution in [0.25, 0.3) is 0 Å². The van der Waals surface area contributed by atoms with E-state index < -0.39 is 26.7 Å². The molecule has 0 heterocycles. The summed E-state index contributed by atoms with van der Waals surface area (Å²) in [5, 5.41) is 8.73. The highest BCUT2D eigenvalue weighted by molar-refractivity contribution is 7.86. The van der Waals surface area contributed by atoms with Gasteiger partial charge < -0.3 is 9.84 Å². The molecule has 7 heteroatoms. The molecule has 0 spiro atoms. The second-order valence-electron chi connectivity index (χ2n) is 2.58. The van der Waals surface area contributed by atoms with Crippen LogP contribution in [0, 0.1) is 0 Å². The van der Waals surface area contributed by atoms with E-state index in [4.69, 9.17) is 5.11 Å². The van der Waals surface area contributed by atoms with Crippen LogP contribution < -0.4 is 4.74 Å². The van der Waals surface area contributed by atoms with Gasteiger partial charge in [0.2, 0.25) is 0 Å². The molecular weight excluding hydrogens is 227 g/mol. The number of aromatic carboxylic acids is 1. The van der Waals surface area contributed by atoms with Gasteiger partial charge in [0, 0.05) is 0 Å². The van der Waals surface area contributed by atoms with Crippen molar-refractivity contribution in [3.63, 3.8) is 0 Å². The number of rotatable bonds is 3. The zero-order chi connectivity index (χ0) is 11.6. The number of hydrogen-bond acceptors (Lipinski definition) is 4. The minimum absolute atomic E-state index is 0.207. The minimum Gasteiger partial charge on any atom is -0.496 e. The number of methoxy groups -OCH3 is 1. The second-order valence-corrected chi connectivity index (χ2v) is 3.89. The lowest BCUT2D eigenvalue weighted by molar-refractivity contribution is 0.0688. The molecule has 5 nitrogen and oxygen atoms in total. The molecule has 82 valence electrons. The van der Waals surface area contributed by atoms with E-state index in [1.807, 2.05) is 0 Å². The standard InChI is InChI=1S/C8H7FO5S/c1-14-5-3-2-4-6(15(9,12)13)7(5)8(10)11/h2-4H,1H3,(H,10,11). The lowest BCUT2D eigenvalue weighted by Crippen LogP contribution is -2.07. The van der Waals surface area contributed by atoms with Gasteiger partial charge in [-0.15, -0.1) is 3.89 Å². The molecule has 1 N–H and O–H groups in total. The van der Waals surface area contributed by atoms with Gasteiger partial charge in [-0.3, -0.25) is 0 Å². The SMILES string of the molecule is COc1cccc(S(=O)(=O)F)c1C(=O)O. The van der Waals surface area contributed by atoms with Gasteiger partial charge in [0.25, 0.3) is 0 Å². The average Bonchev–Trinajstić information content (AvgIpc) is 2.15. The van der Waals surface area contributed by atoms with Crippen molar-refractivity contribution in [3.8, 4) is 5.75 Å². The highest BCUT2D eigenvalue weighted by atomic mass is 32.3. The smallest absolute Gasteiger partial charge is 0.340 e. The second kappa shape index (κ2) is 3.85. The molecule has 0 bridgehead atoms. The van der Waals surface area contributed by atoms with E-state index in [2.05, 4.69) is 4.74 Å². The normalized spacial score (nSPS) is 11.1. The summed E-state index contributed by atoms with van der Waals surface area (Å²) in [4.78, 5) is 9.83. The summed E-state index contributed by atoms with van der Waals surface area (Å²) < 4.78 is 38.6. The molecule has 0 fully saturated rings. The van der Waals surface area contributed by atoms with Crippen LogP contribution in [0.4, 0.5) is 3.89 Å². The molecule has 0 aliphatic rings. The lowest BCUT2D eigenvalue weighted by atomic mass is 10.2. The van der Waals surface area contributed by atoms with Crippen molar-refractivity contribution in [3.05, 3.63) is 23.8 Å². The molecule has 1 rings (SSSR count). The minimum atomic E-state index is -5.07. The molecule has 0 saturated carbocycles. The molecular formula is C8H7FO5S. The maximum Gasteiger partial charge on any atom is 0.340 e. The summed E-state index contributed by atoms with van der Waals surface area (Å²) in [5.74, 6) is -1.77. The van der Waals surface area contributed by atoms with Gasteiger partial charge in [-0.25, -0.2) is 4.79 Å². The van der Waals surface area contributed by atoms with E-state index >= 15 is 0 Å². The van der Waals surface area contributed by atoms with E-state index in [-0.39, 0.29) is 5.75 Å². The summed E-state index contributed by atoms with van der Waals surface area (Å²) in [6, 6.07) is 3.29. The number of benzene rings is 1. The Morgan fingerprint density at radius 2 is 2.07 bits per heavy atom. The maximum atomic E-state index is 12.7. The maximum absolute atomic E-state index is 12.7. The Hall–Kier alpha value is -1.63. The van der Waals surface area contributed by atoms with Crippen LogP contribution in [0.3, 0.4) is 0 Å². The third kappa shape index (κ3) is 2.24. The van der Waals surface area contributed by atoms with Crippen molar-refractivity contribution in [2.45, 2.75) is 4.90 Å². The number of carbonyl (C=O) groups is 1. The zero-order valence-electron chi connectivity index (χ0n) is 7.60. The first-order valence-corrected chi connectivity index (χ1v) is 5.11. The summed E-state index contributed by atoms with van der Waals surface area (Å²) in [6.45, 7) is 0. The topological polar surface area (TPSA) is 80.7 Å². The first kappa shape index (κ1) is 11.4. The number of carboxylic acids is 1. The van der Waals surface area contributed by atoms with Gasteiger partial charge in [0.05, 0.1) is 7.11 Å². The summed E-state index contributed by atoms with van der Waals surface area (Å²) >= 11 is 0. The Labute approximate surface area is 85.3 Å². The van der Waals surface area contributed by atoms with Gasteiger partial charge in [0.15, 0.2) is 0 Å². The first-order valence-electron chi connectivity index (χ1n) is 3.73. The first-order chi connectivity index (χ1) is 6.88. The van der Waals surface area contributed by atoms with E-state index in [1.165, 1.54) is 12.1 Å². The molecule has 0 aliphatic carbocycles. The largest absolute Gasteiger partial charge is 0.496 e. The van der Waals surface area contributed by atoms with E-state index in [0.717, 1.165) is 13.2 Å². The van der Waals surface area contributed by atoms with Crippen molar-refractivity contribution in [2.24, 2.45) is 0 Å². The van der Waals surface area contributed by atoms with Gasteiger partial charge in [0.1, 0.15) is 16.2 Å². The molecule has 0 radical (unpaired) electrons. The molecule has 0 unspecified atom stereocenters. The highest BCUT2D eigenvalue weighted by Gasteiger charge is 2.25. The number of halogens is 1. The van der Waals surface area contributed by atoms with Crippen molar-refractivity contribution >= 4 is 16.2 Å². The van der Waals surface area contributed by atoms with Crippen LogP contribution in [0.1, 0.15) is 10.4 Å². The Balaban J connectivity index is 3.60. The van der Waals surface area contributed by atoms with E-state index in [0.29, 0.717) is 0 Å². The molecule has 0 aromatic heterocycles. The molecule has 1 aromatic rings.